The fourth-order valence-electron chi connectivity index (χ4n) is 2.37. The molecule has 1 aromatic rings. The summed E-state index contributed by atoms with van der Waals surface area (Å²) in [5.74, 6) is 0. The highest BCUT2D eigenvalue weighted by Crippen LogP contribution is 2.28. The van der Waals surface area contributed by atoms with Crippen molar-refractivity contribution in [2.75, 3.05) is 31.6 Å². The number of rotatable bonds is 4. The van der Waals surface area contributed by atoms with E-state index >= 15 is 0 Å². The number of nitrogens with zero attached hydrogens (tertiary/aromatic N) is 2. The first-order chi connectivity index (χ1) is 9.24. The van der Waals surface area contributed by atoms with Crippen LogP contribution in [0.5, 0.6) is 0 Å². The van der Waals surface area contributed by atoms with Crippen LogP contribution in [-0.2, 0) is 4.74 Å². The third-order valence-electron chi connectivity index (χ3n) is 3.55. The van der Waals surface area contributed by atoms with Crippen molar-refractivity contribution in [3.63, 3.8) is 0 Å². The van der Waals surface area contributed by atoms with Gasteiger partial charge in [0.2, 0.25) is 0 Å². The summed E-state index contributed by atoms with van der Waals surface area (Å²) in [7, 11) is 0. The largest absolute Gasteiger partial charge is 0.380 e. The Labute approximate surface area is 116 Å². The molecule has 104 valence electrons. The van der Waals surface area contributed by atoms with Gasteiger partial charge in [0.25, 0.3) is 5.56 Å². The van der Waals surface area contributed by atoms with Crippen LogP contribution in [-0.4, -0.2) is 53.5 Å². The van der Waals surface area contributed by atoms with E-state index in [0.29, 0.717) is 12.2 Å². The highest BCUT2D eigenvalue weighted by Gasteiger charge is 2.32. The van der Waals surface area contributed by atoms with Crippen molar-refractivity contribution in [2.24, 2.45) is 0 Å². The Morgan fingerprint density at radius 3 is 3.21 bits per heavy atom. The van der Waals surface area contributed by atoms with Gasteiger partial charge in [-0.15, -0.1) is 0 Å². The number of aromatic amines is 1. The van der Waals surface area contributed by atoms with Gasteiger partial charge in [-0.1, -0.05) is 11.6 Å². The molecular weight excluding hydrogens is 268 g/mol. The van der Waals surface area contributed by atoms with Gasteiger partial charge in [-0.2, -0.15) is 5.10 Å². The van der Waals surface area contributed by atoms with Crippen LogP contribution in [0, 0.1) is 0 Å². The number of hydrogen-bond acceptors (Lipinski definition) is 5. The zero-order chi connectivity index (χ0) is 13.2. The maximum Gasteiger partial charge on any atom is 0.285 e. The molecule has 0 aromatic carbocycles. The summed E-state index contributed by atoms with van der Waals surface area (Å²) in [6.07, 6.45) is 4.27. The number of ether oxygens (including phenoxy) is 1. The number of hydrogen-bond donors (Lipinski definition) is 2. The van der Waals surface area contributed by atoms with Gasteiger partial charge in [-0.3, -0.25) is 9.69 Å². The zero-order valence-electron chi connectivity index (χ0n) is 10.6. The molecule has 7 heteroatoms. The highest BCUT2D eigenvalue weighted by molar-refractivity contribution is 6.32. The van der Waals surface area contributed by atoms with Crippen LogP contribution in [0.25, 0.3) is 0 Å². The molecule has 2 aliphatic rings. The van der Waals surface area contributed by atoms with Crippen molar-refractivity contribution in [2.45, 2.75) is 25.0 Å². The summed E-state index contributed by atoms with van der Waals surface area (Å²) in [6.45, 7) is 3.36. The van der Waals surface area contributed by atoms with E-state index in [1.54, 1.807) is 0 Å². The molecule has 1 saturated carbocycles. The van der Waals surface area contributed by atoms with Gasteiger partial charge in [0.15, 0.2) is 0 Å². The Hall–Kier alpha value is -1.11. The first-order valence-corrected chi connectivity index (χ1v) is 6.94. The number of nitrogens with one attached hydrogen (secondary N) is 2. The number of halogens is 1. The molecule has 3 rings (SSSR count). The van der Waals surface area contributed by atoms with Gasteiger partial charge in [0.05, 0.1) is 24.6 Å². The van der Waals surface area contributed by atoms with Crippen molar-refractivity contribution in [3.8, 4) is 0 Å². The fraction of sp³-hybridized carbons (Fsp3) is 0.667. The molecule has 2 fully saturated rings. The van der Waals surface area contributed by atoms with E-state index < -0.39 is 0 Å². The van der Waals surface area contributed by atoms with Gasteiger partial charge in [0.1, 0.15) is 5.02 Å². The summed E-state index contributed by atoms with van der Waals surface area (Å²) >= 11 is 5.90. The quantitative estimate of drug-likeness (QED) is 0.852. The Morgan fingerprint density at radius 2 is 2.42 bits per heavy atom. The first-order valence-electron chi connectivity index (χ1n) is 6.57. The number of H-pyrrole nitrogens is 1. The second-order valence-electron chi connectivity index (χ2n) is 5.03. The predicted molar refractivity (Wildman–Crippen MR) is 72.7 cm³/mol. The van der Waals surface area contributed by atoms with Crippen molar-refractivity contribution in [1.82, 2.24) is 15.1 Å². The van der Waals surface area contributed by atoms with Crippen molar-refractivity contribution < 1.29 is 4.74 Å². The average molecular weight is 285 g/mol. The number of anilines is 1. The molecule has 0 bridgehead atoms. The Bertz CT molecular complexity index is 503. The molecule has 1 aliphatic carbocycles. The molecule has 1 unspecified atom stereocenters. The molecule has 1 aromatic heterocycles. The minimum Gasteiger partial charge on any atom is -0.380 e. The molecule has 19 heavy (non-hydrogen) atoms. The third-order valence-corrected chi connectivity index (χ3v) is 3.92. The third kappa shape index (κ3) is 3.08. The fourth-order valence-corrected chi connectivity index (χ4v) is 2.53. The van der Waals surface area contributed by atoms with Crippen molar-refractivity contribution >= 4 is 17.3 Å². The highest BCUT2D eigenvalue weighted by atomic mass is 35.5. The lowest BCUT2D eigenvalue weighted by atomic mass is 10.2. The SMILES string of the molecule is O=c1[nH]ncc(NCC2CN(C3CC3)CCO2)c1Cl. The van der Waals surface area contributed by atoms with Crippen molar-refractivity contribution in [3.05, 3.63) is 21.6 Å². The molecule has 0 radical (unpaired) electrons. The monoisotopic (exact) mass is 284 g/mol. The molecular formula is C12H17ClN4O2. The standard InChI is InChI=1S/C12H17ClN4O2/c13-11-10(6-15-16-12(11)18)14-5-9-7-17(3-4-19-9)8-1-2-8/h6,8-9H,1-5,7H2,(H2,14,16,18). The second kappa shape index (κ2) is 5.48. The van der Waals surface area contributed by atoms with Gasteiger partial charge in [-0.25, -0.2) is 5.10 Å². The summed E-state index contributed by atoms with van der Waals surface area (Å²) in [4.78, 5) is 13.8. The summed E-state index contributed by atoms with van der Waals surface area (Å²) < 4.78 is 5.72. The lowest BCUT2D eigenvalue weighted by Gasteiger charge is -2.33. The molecule has 6 nitrogen and oxygen atoms in total. The van der Waals surface area contributed by atoms with Gasteiger partial charge in [-0.05, 0) is 12.8 Å². The van der Waals surface area contributed by atoms with E-state index in [0.717, 1.165) is 25.7 Å². The van der Waals surface area contributed by atoms with E-state index in [1.165, 1.54) is 19.0 Å². The number of morpholine rings is 1. The topological polar surface area (TPSA) is 70.2 Å². The molecule has 1 aliphatic heterocycles. The maximum absolute atomic E-state index is 11.3. The lowest BCUT2D eigenvalue weighted by Crippen LogP contribution is -2.46. The Kier molecular flexibility index (Phi) is 3.72. The van der Waals surface area contributed by atoms with Crippen LogP contribution in [0.3, 0.4) is 0 Å². The smallest absolute Gasteiger partial charge is 0.285 e. The minimum atomic E-state index is -0.379. The first kappa shape index (κ1) is 12.9. The Morgan fingerprint density at radius 1 is 1.58 bits per heavy atom. The van der Waals surface area contributed by atoms with Crippen LogP contribution >= 0.6 is 11.6 Å². The van der Waals surface area contributed by atoms with Crippen LogP contribution in [0.15, 0.2) is 11.0 Å². The van der Waals surface area contributed by atoms with E-state index in [9.17, 15) is 4.79 Å². The number of aromatic nitrogens is 2. The molecule has 0 spiro atoms. The summed E-state index contributed by atoms with van der Waals surface area (Å²) in [6, 6.07) is 0.760. The van der Waals surface area contributed by atoms with Gasteiger partial charge >= 0.3 is 0 Å². The predicted octanol–water partition coefficient (Wildman–Crippen LogP) is 0.698. The molecule has 2 N–H and O–H groups in total. The lowest BCUT2D eigenvalue weighted by molar-refractivity contribution is -0.0241. The van der Waals surface area contributed by atoms with E-state index in [4.69, 9.17) is 16.3 Å². The van der Waals surface area contributed by atoms with Gasteiger partial charge < -0.3 is 10.1 Å². The minimum absolute atomic E-state index is 0.129. The molecule has 1 saturated heterocycles. The normalized spacial score (nSPS) is 24.4. The van der Waals surface area contributed by atoms with Crippen LogP contribution in [0.1, 0.15) is 12.8 Å². The summed E-state index contributed by atoms with van der Waals surface area (Å²) in [5, 5.41) is 9.30. The molecule has 2 heterocycles. The van der Waals surface area contributed by atoms with Crippen molar-refractivity contribution in [1.29, 1.82) is 0 Å². The van der Waals surface area contributed by atoms with E-state index in [2.05, 4.69) is 20.4 Å². The molecule has 1 atom stereocenters. The zero-order valence-corrected chi connectivity index (χ0v) is 11.3. The Balaban J connectivity index is 1.56. The maximum atomic E-state index is 11.3. The van der Waals surface area contributed by atoms with Crippen LogP contribution in [0.2, 0.25) is 5.02 Å². The second-order valence-corrected chi connectivity index (χ2v) is 5.40. The van der Waals surface area contributed by atoms with Crippen LogP contribution < -0.4 is 10.9 Å². The summed E-state index contributed by atoms with van der Waals surface area (Å²) in [5.41, 5.74) is 0.174. The van der Waals surface area contributed by atoms with Crippen LogP contribution in [0.4, 0.5) is 5.69 Å². The van der Waals surface area contributed by atoms with E-state index in [-0.39, 0.29) is 16.7 Å². The molecule has 0 amide bonds. The van der Waals surface area contributed by atoms with Gasteiger partial charge in [0, 0.05) is 25.7 Å². The average Bonchev–Trinajstić information content (AvgIpc) is 3.25. The van der Waals surface area contributed by atoms with E-state index in [1.807, 2.05) is 0 Å².